The second-order valence-electron chi connectivity index (χ2n) is 7.54. The van der Waals surface area contributed by atoms with Gasteiger partial charge in [-0.05, 0) is 57.8 Å². The van der Waals surface area contributed by atoms with Crippen molar-refractivity contribution in [1.82, 2.24) is 9.80 Å². The third-order valence-electron chi connectivity index (χ3n) is 5.48. The van der Waals surface area contributed by atoms with Crippen molar-refractivity contribution < 1.29 is 9.53 Å². The zero-order valence-corrected chi connectivity index (χ0v) is 15.9. The van der Waals surface area contributed by atoms with E-state index in [1.165, 1.54) is 12.5 Å². The Kier molecular flexibility index (Phi) is 5.82. The summed E-state index contributed by atoms with van der Waals surface area (Å²) >= 11 is 5.88. The van der Waals surface area contributed by atoms with Crippen LogP contribution in [0.1, 0.15) is 18.4 Å². The summed E-state index contributed by atoms with van der Waals surface area (Å²) in [7, 11) is 6.41. The van der Waals surface area contributed by atoms with Gasteiger partial charge in [0.05, 0.1) is 0 Å². The van der Waals surface area contributed by atoms with Crippen LogP contribution in [0, 0.1) is 11.8 Å². The largest absolute Gasteiger partial charge is 0.458 e. The average Bonchev–Trinajstić information content (AvgIpc) is 2.55. The molecule has 1 heterocycles. The van der Waals surface area contributed by atoms with Gasteiger partial charge in [0.25, 0.3) is 0 Å². The van der Waals surface area contributed by atoms with E-state index in [-0.39, 0.29) is 12.1 Å². The van der Waals surface area contributed by atoms with Crippen LogP contribution in [-0.4, -0.2) is 62.1 Å². The highest BCUT2D eigenvalue weighted by Gasteiger charge is 2.46. The molecule has 25 heavy (non-hydrogen) atoms. The van der Waals surface area contributed by atoms with Crippen molar-refractivity contribution in [2.45, 2.75) is 25.0 Å². The second-order valence-corrected chi connectivity index (χ2v) is 7.98. The summed E-state index contributed by atoms with van der Waals surface area (Å²) in [6.45, 7) is 1.99. The molecule has 1 aromatic carbocycles. The minimum absolute atomic E-state index is 0.0136. The third kappa shape index (κ3) is 4.43. The number of carbonyl (C=O) groups excluding carboxylic acids is 1. The number of likely N-dealkylation sites (tertiary alicyclic amines) is 1. The van der Waals surface area contributed by atoms with E-state index in [0.29, 0.717) is 22.9 Å². The molecule has 4 nitrogen and oxygen atoms in total. The van der Waals surface area contributed by atoms with Crippen molar-refractivity contribution in [3.63, 3.8) is 0 Å². The predicted octanol–water partition coefficient (Wildman–Crippen LogP) is 3.17. The van der Waals surface area contributed by atoms with Gasteiger partial charge in [0, 0.05) is 42.1 Å². The molecule has 1 aromatic rings. The minimum Gasteiger partial charge on any atom is -0.458 e. The van der Waals surface area contributed by atoms with Gasteiger partial charge in [0.15, 0.2) is 0 Å². The first-order valence-electron chi connectivity index (χ1n) is 8.93. The van der Waals surface area contributed by atoms with Crippen molar-refractivity contribution in [2.24, 2.45) is 11.8 Å². The molecule has 1 saturated carbocycles. The molecule has 4 atom stereocenters. The Bertz CT molecular complexity index is 629. The molecule has 2 unspecified atom stereocenters. The number of esters is 1. The molecule has 2 fully saturated rings. The summed E-state index contributed by atoms with van der Waals surface area (Å²) in [5.41, 5.74) is 0.941. The number of fused-ring (bicyclic) bond motifs is 2. The van der Waals surface area contributed by atoms with Gasteiger partial charge in [-0.15, -0.1) is 0 Å². The maximum Gasteiger partial charge on any atom is 0.331 e. The molecule has 0 radical (unpaired) electrons. The molecule has 0 amide bonds. The molecular weight excluding hydrogens is 336 g/mol. The van der Waals surface area contributed by atoms with Gasteiger partial charge in [-0.25, -0.2) is 4.79 Å². The Morgan fingerprint density at radius 2 is 1.96 bits per heavy atom. The van der Waals surface area contributed by atoms with Crippen LogP contribution in [0.2, 0.25) is 5.02 Å². The fourth-order valence-corrected chi connectivity index (χ4v) is 4.45. The monoisotopic (exact) mass is 362 g/mol. The van der Waals surface area contributed by atoms with E-state index in [9.17, 15) is 4.79 Å². The lowest BCUT2D eigenvalue weighted by Gasteiger charge is -2.50. The van der Waals surface area contributed by atoms with Gasteiger partial charge < -0.3 is 14.5 Å². The SMILES string of the molecule is CN1CC2CC[C@@H](N(C)C)C(C1)[C@@H]2OC(=O)C=Cc1ccc(Cl)cc1. The first-order valence-corrected chi connectivity index (χ1v) is 9.31. The molecule has 0 aromatic heterocycles. The highest BCUT2D eigenvalue weighted by Crippen LogP contribution is 2.38. The van der Waals surface area contributed by atoms with Crippen LogP contribution < -0.4 is 0 Å². The third-order valence-corrected chi connectivity index (χ3v) is 5.73. The van der Waals surface area contributed by atoms with Gasteiger partial charge in [-0.3, -0.25) is 0 Å². The molecule has 2 bridgehead atoms. The fourth-order valence-electron chi connectivity index (χ4n) is 4.32. The molecule has 136 valence electrons. The normalized spacial score (nSPS) is 30.0. The van der Waals surface area contributed by atoms with E-state index in [4.69, 9.17) is 16.3 Å². The van der Waals surface area contributed by atoms with Gasteiger partial charge in [0.1, 0.15) is 6.10 Å². The Morgan fingerprint density at radius 3 is 2.64 bits per heavy atom. The number of rotatable bonds is 4. The molecule has 0 spiro atoms. The Labute approximate surface area is 155 Å². The quantitative estimate of drug-likeness (QED) is 0.608. The number of ether oxygens (including phenoxy) is 1. The van der Waals surface area contributed by atoms with Crippen LogP contribution in [0.5, 0.6) is 0 Å². The molecule has 5 heteroatoms. The van der Waals surface area contributed by atoms with Crippen molar-refractivity contribution in [2.75, 3.05) is 34.2 Å². The zero-order valence-electron chi connectivity index (χ0n) is 15.2. The predicted molar refractivity (Wildman–Crippen MR) is 102 cm³/mol. The minimum atomic E-state index is -0.251. The average molecular weight is 363 g/mol. The number of benzene rings is 1. The summed E-state index contributed by atoms with van der Waals surface area (Å²) in [4.78, 5) is 17.0. The Morgan fingerprint density at radius 1 is 1.24 bits per heavy atom. The zero-order chi connectivity index (χ0) is 18.0. The van der Waals surface area contributed by atoms with Gasteiger partial charge in [-0.1, -0.05) is 23.7 Å². The number of carbonyl (C=O) groups is 1. The highest BCUT2D eigenvalue weighted by atomic mass is 35.5. The van der Waals surface area contributed by atoms with Gasteiger partial charge in [-0.2, -0.15) is 0 Å². The van der Waals surface area contributed by atoms with E-state index < -0.39 is 0 Å². The number of nitrogens with zero attached hydrogens (tertiary/aromatic N) is 2. The van der Waals surface area contributed by atoms with E-state index in [1.54, 1.807) is 6.08 Å². The van der Waals surface area contributed by atoms with Gasteiger partial charge >= 0.3 is 5.97 Å². The molecule has 3 rings (SSSR count). The molecule has 1 aliphatic heterocycles. The van der Waals surface area contributed by atoms with E-state index >= 15 is 0 Å². The standard InChI is InChI=1S/C20H27ClN2O2/c1-22(2)18-10-7-15-12-23(3)13-17(18)20(15)25-19(24)11-6-14-4-8-16(21)9-5-14/h4-6,8-9,11,15,17-18,20H,7,10,12-13H2,1-3H3/t15?,17?,18-,20-/m1/s1. The lowest BCUT2D eigenvalue weighted by atomic mass is 9.72. The van der Waals surface area contributed by atoms with Crippen molar-refractivity contribution in [1.29, 1.82) is 0 Å². The van der Waals surface area contributed by atoms with E-state index in [2.05, 4.69) is 30.9 Å². The summed E-state index contributed by atoms with van der Waals surface area (Å²) in [5, 5.41) is 0.689. The maximum atomic E-state index is 12.4. The Balaban J connectivity index is 1.67. The number of piperidine rings is 1. The molecular formula is C20H27ClN2O2. The molecule has 2 aliphatic rings. The number of halogens is 1. The second kappa shape index (κ2) is 7.90. The number of hydrogen-bond acceptors (Lipinski definition) is 4. The van der Waals surface area contributed by atoms with Crippen molar-refractivity contribution in [3.05, 3.63) is 40.9 Å². The molecule has 0 N–H and O–H groups in total. The van der Waals surface area contributed by atoms with Crippen molar-refractivity contribution in [3.8, 4) is 0 Å². The van der Waals surface area contributed by atoms with Crippen LogP contribution in [0.15, 0.2) is 30.3 Å². The molecule has 1 aliphatic carbocycles. The highest BCUT2D eigenvalue weighted by molar-refractivity contribution is 6.30. The number of hydrogen-bond donors (Lipinski definition) is 0. The first-order chi connectivity index (χ1) is 11.9. The molecule has 1 saturated heterocycles. The van der Waals surface area contributed by atoms with Crippen LogP contribution in [0.3, 0.4) is 0 Å². The van der Waals surface area contributed by atoms with Gasteiger partial charge in [0.2, 0.25) is 0 Å². The summed E-state index contributed by atoms with van der Waals surface area (Å²) in [6.07, 6.45) is 5.63. The van der Waals surface area contributed by atoms with Crippen LogP contribution in [0.25, 0.3) is 6.08 Å². The summed E-state index contributed by atoms with van der Waals surface area (Å²) < 4.78 is 5.93. The smallest absolute Gasteiger partial charge is 0.331 e. The van der Waals surface area contributed by atoms with E-state index in [1.807, 2.05) is 24.3 Å². The van der Waals surface area contributed by atoms with E-state index in [0.717, 1.165) is 25.1 Å². The summed E-state index contributed by atoms with van der Waals surface area (Å²) in [5.74, 6) is 0.562. The van der Waals surface area contributed by atoms with Crippen LogP contribution in [0.4, 0.5) is 0 Å². The first kappa shape index (κ1) is 18.4. The fraction of sp³-hybridized carbons (Fsp3) is 0.550. The topological polar surface area (TPSA) is 32.8 Å². The van der Waals surface area contributed by atoms with Crippen LogP contribution >= 0.6 is 11.6 Å². The maximum absolute atomic E-state index is 12.4. The van der Waals surface area contributed by atoms with Crippen molar-refractivity contribution >= 4 is 23.6 Å². The lowest BCUT2D eigenvalue weighted by Crippen LogP contribution is -2.59. The van der Waals surface area contributed by atoms with Crippen LogP contribution in [-0.2, 0) is 9.53 Å². The summed E-state index contributed by atoms with van der Waals surface area (Å²) in [6, 6.07) is 7.87. The lowest BCUT2D eigenvalue weighted by molar-refractivity contribution is -0.161. The Hall–Kier alpha value is -1.36.